The Labute approximate surface area is 91.8 Å². The summed E-state index contributed by atoms with van der Waals surface area (Å²) in [4.78, 5) is 10.7. The molecular weight excluding hydrogens is 192 g/mol. The van der Waals surface area contributed by atoms with Crippen molar-refractivity contribution in [1.29, 1.82) is 0 Å². The number of hydrogen-bond acceptors (Lipinski definition) is 2. The Bertz CT molecular complexity index is 191. The van der Waals surface area contributed by atoms with Crippen LogP contribution in [-0.2, 0) is 9.53 Å². The molecule has 0 aromatic heterocycles. The van der Waals surface area contributed by atoms with Crippen LogP contribution in [0.5, 0.6) is 0 Å². The molecule has 0 aliphatic heterocycles. The van der Waals surface area contributed by atoms with Crippen LogP contribution in [-0.4, -0.2) is 23.8 Å². The van der Waals surface area contributed by atoms with Crippen LogP contribution in [0.15, 0.2) is 0 Å². The van der Waals surface area contributed by atoms with Crippen molar-refractivity contribution < 1.29 is 14.6 Å². The Balaban J connectivity index is 2.01. The second-order valence-electron chi connectivity index (χ2n) is 4.40. The van der Waals surface area contributed by atoms with Crippen molar-refractivity contribution in [2.24, 2.45) is 5.92 Å². The zero-order valence-electron chi connectivity index (χ0n) is 9.58. The molecule has 88 valence electrons. The fourth-order valence-electron chi connectivity index (χ4n) is 2.09. The lowest BCUT2D eigenvalue weighted by Gasteiger charge is -2.11. The maximum atomic E-state index is 10.7. The van der Waals surface area contributed by atoms with E-state index in [1.165, 1.54) is 19.3 Å². The maximum absolute atomic E-state index is 10.7. The van der Waals surface area contributed by atoms with Crippen LogP contribution < -0.4 is 0 Å². The van der Waals surface area contributed by atoms with E-state index in [-0.39, 0.29) is 12.0 Å². The smallest absolute Gasteiger partial charge is 0.306 e. The van der Waals surface area contributed by atoms with Gasteiger partial charge in [-0.2, -0.15) is 0 Å². The summed E-state index contributed by atoms with van der Waals surface area (Å²) in [5.41, 5.74) is 0. The molecule has 1 N–H and O–H groups in total. The van der Waals surface area contributed by atoms with Crippen LogP contribution in [0, 0.1) is 5.92 Å². The van der Waals surface area contributed by atoms with E-state index in [1.807, 2.05) is 0 Å². The van der Waals surface area contributed by atoms with Crippen molar-refractivity contribution in [2.45, 2.75) is 58.0 Å². The van der Waals surface area contributed by atoms with E-state index in [9.17, 15) is 4.79 Å². The molecule has 0 bridgehead atoms. The third kappa shape index (κ3) is 4.65. The lowest BCUT2D eigenvalue weighted by molar-refractivity contribution is -0.141. The molecule has 1 aliphatic carbocycles. The number of hydrogen-bond donors (Lipinski definition) is 1. The average Bonchev–Trinajstić information content (AvgIpc) is 2.66. The van der Waals surface area contributed by atoms with Crippen molar-refractivity contribution in [1.82, 2.24) is 0 Å². The first kappa shape index (κ1) is 12.5. The molecule has 1 rings (SSSR count). The highest BCUT2D eigenvalue weighted by atomic mass is 16.5. The third-order valence-corrected chi connectivity index (χ3v) is 3.09. The molecule has 0 aromatic rings. The minimum Gasteiger partial charge on any atom is -0.481 e. The summed E-state index contributed by atoms with van der Waals surface area (Å²) in [6.45, 7) is 2.99. The third-order valence-electron chi connectivity index (χ3n) is 3.09. The molecule has 15 heavy (non-hydrogen) atoms. The highest BCUT2D eigenvalue weighted by molar-refractivity contribution is 5.70. The number of ether oxygens (including phenoxy) is 1. The van der Waals surface area contributed by atoms with E-state index in [0.29, 0.717) is 6.42 Å². The molecule has 1 saturated carbocycles. The fourth-order valence-corrected chi connectivity index (χ4v) is 2.09. The Morgan fingerprint density at radius 3 is 2.73 bits per heavy atom. The van der Waals surface area contributed by atoms with Gasteiger partial charge in [-0.1, -0.05) is 26.2 Å². The molecule has 2 atom stereocenters. The standard InChI is InChI=1S/C12H22O3/c1-2-3-4-5-8-15-11-7-6-10(9-11)12(13)14/h10-11H,2-9H2,1H3,(H,13,14). The van der Waals surface area contributed by atoms with E-state index in [4.69, 9.17) is 9.84 Å². The molecular formula is C12H22O3. The molecule has 3 nitrogen and oxygen atoms in total. The number of carboxylic acids is 1. The van der Waals surface area contributed by atoms with Crippen LogP contribution in [0.2, 0.25) is 0 Å². The van der Waals surface area contributed by atoms with Gasteiger partial charge in [0, 0.05) is 6.61 Å². The summed E-state index contributed by atoms with van der Waals surface area (Å²) in [6.07, 6.45) is 7.47. The quantitative estimate of drug-likeness (QED) is 0.663. The normalized spacial score (nSPS) is 25.7. The Morgan fingerprint density at radius 2 is 2.13 bits per heavy atom. The topological polar surface area (TPSA) is 46.5 Å². The van der Waals surface area contributed by atoms with Crippen LogP contribution in [0.1, 0.15) is 51.9 Å². The molecule has 0 amide bonds. The predicted molar refractivity (Wildman–Crippen MR) is 58.9 cm³/mol. The van der Waals surface area contributed by atoms with Gasteiger partial charge in [0.2, 0.25) is 0 Å². The van der Waals surface area contributed by atoms with Crippen molar-refractivity contribution >= 4 is 5.97 Å². The van der Waals surface area contributed by atoms with Gasteiger partial charge >= 0.3 is 5.97 Å². The number of rotatable bonds is 7. The summed E-state index contributed by atoms with van der Waals surface area (Å²) in [5, 5.41) is 8.82. The first-order chi connectivity index (χ1) is 7.24. The van der Waals surface area contributed by atoms with Crippen LogP contribution in [0.25, 0.3) is 0 Å². The van der Waals surface area contributed by atoms with Crippen LogP contribution in [0.3, 0.4) is 0 Å². The number of carbonyl (C=O) groups is 1. The van der Waals surface area contributed by atoms with E-state index < -0.39 is 5.97 Å². The SMILES string of the molecule is CCCCCCOC1CCC(C(=O)O)C1. The highest BCUT2D eigenvalue weighted by Crippen LogP contribution is 2.28. The summed E-state index contributed by atoms with van der Waals surface area (Å²) in [6, 6.07) is 0. The summed E-state index contributed by atoms with van der Waals surface area (Å²) in [5.74, 6) is -0.822. The van der Waals surface area contributed by atoms with Gasteiger partial charge < -0.3 is 9.84 Å². The molecule has 1 aliphatic rings. The van der Waals surface area contributed by atoms with Gasteiger partial charge in [0.25, 0.3) is 0 Å². The minimum atomic E-state index is -0.660. The molecule has 3 heteroatoms. The van der Waals surface area contributed by atoms with Gasteiger partial charge in [0.15, 0.2) is 0 Å². The molecule has 1 fully saturated rings. The molecule has 0 radical (unpaired) electrons. The Hall–Kier alpha value is -0.570. The highest BCUT2D eigenvalue weighted by Gasteiger charge is 2.29. The second kappa shape index (κ2) is 6.83. The lowest BCUT2D eigenvalue weighted by atomic mass is 10.1. The van der Waals surface area contributed by atoms with Crippen LogP contribution in [0.4, 0.5) is 0 Å². The Morgan fingerprint density at radius 1 is 1.33 bits per heavy atom. The zero-order chi connectivity index (χ0) is 11.1. The number of unbranched alkanes of at least 4 members (excludes halogenated alkanes) is 3. The van der Waals surface area contributed by atoms with Gasteiger partial charge in [-0.05, 0) is 25.7 Å². The maximum Gasteiger partial charge on any atom is 0.306 e. The van der Waals surface area contributed by atoms with Crippen molar-refractivity contribution in [2.75, 3.05) is 6.61 Å². The summed E-state index contributed by atoms with van der Waals surface area (Å²) in [7, 11) is 0. The van der Waals surface area contributed by atoms with Crippen molar-refractivity contribution in [3.63, 3.8) is 0 Å². The summed E-state index contributed by atoms with van der Waals surface area (Å²) < 4.78 is 5.67. The monoisotopic (exact) mass is 214 g/mol. The van der Waals surface area contributed by atoms with E-state index in [2.05, 4.69) is 6.92 Å². The molecule has 0 spiro atoms. The molecule has 0 saturated heterocycles. The van der Waals surface area contributed by atoms with E-state index in [1.54, 1.807) is 0 Å². The molecule has 0 aromatic carbocycles. The van der Waals surface area contributed by atoms with Gasteiger partial charge in [-0.25, -0.2) is 0 Å². The largest absolute Gasteiger partial charge is 0.481 e. The zero-order valence-corrected chi connectivity index (χ0v) is 9.58. The van der Waals surface area contributed by atoms with Crippen LogP contribution >= 0.6 is 0 Å². The summed E-state index contributed by atoms with van der Waals surface area (Å²) >= 11 is 0. The minimum absolute atomic E-state index is 0.161. The number of carboxylic acid groups (broad SMARTS) is 1. The van der Waals surface area contributed by atoms with Gasteiger partial charge in [0.05, 0.1) is 12.0 Å². The second-order valence-corrected chi connectivity index (χ2v) is 4.40. The van der Waals surface area contributed by atoms with Crippen molar-refractivity contribution in [3.05, 3.63) is 0 Å². The lowest BCUT2D eigenvalue weighted by Crippen LogP contribution is -2.13. The first-order valence-electron chi connectivity index (χ1n) is 6.08. The average molecular weight is 214 g/mol. The van der Waals surface area contributed by atoms with Crippen molar-refractivity contribution in [3.8, 4) is 0 Å². The van der Waals surface area contributed by atoms with Gasteiger partial charge in [-0.3, -0.25) is 4.79 Å². The first-order valence-corrected chi connectivity index (χ1v) is 6.08. The predicted octanol–water partition coefficient (Wildman–Crippen LogP) is 2.84. The van der Waals surface area contributed by atoms with E-state index in [0.717, 1.165) is 25.9 Å². The van der Waals surface area contributed by atoms with Gasteiger partial charge in [0.1, 0.15) is 0 Å². The molecule has 0 heterocycles. The van der Waals surface area contributed by atoms with Gasteiger partial charge in [-0.15, -0.1) is 0 Å². The molecule has 2 unspecified atom stereocenters. The number of aliphatic carboxylic acids is 1. The fraction of sp³-hybridized carbons (Fsp3) is 0.917. The van der Waals surface area contributed by atoms with E-state index >= 15 is 0 Å². The Kier molecular flexibility index (Phi) is 5.69.